The molecule has 10 heteroatoms. The van der Waals surface area contributed by atoms with Crippen LogP contribution in [0, 0.1) is 11.7 Å². The van der Waals surface area contributed by atoms with Gasteiger partial charge in [0.05, 0.1) is 22.6 Å². The number of carbonyl (C=O) groups is 3. The molecule has 3 amide bonds. The third kappa shape index (κ3) is 5.09. The Morgan fingerprint density at radius 2 is 1.77 bits per heavy atom. The van der Waals surface area contributed by atoms with Gasteiger partial charge in [-0.25, -0.2) is 9.82 Å². The molecule has 0 saturated carbocycles. The standard InChI is InChI=1S/C29H31FN6O3/c30-23-8-7-18(15-25-26-21(5-3-9-31-26)27(37)34-33-25)14-22(23)29(39)36-12-10-35(11-13-36)28(38)20-16-19-4-1-2-6-24(19)32-17-20/h1-2,4,6-8,14,16-17,21,25-26,31,33H,3,5,9-13,15H2,(H,34,37). The van der Waals surface area contributed by atoms with Crippen molar-refractivity contribution in [1.82, 2.24) is 31.0 Å². The summed E-state index contributed by atoms with van der Waals surface area (Å²) in [5.41, 5.74) is 8.04. The van der Waals surface area contributed by atoms with Gasteiger partial charge in [-0.3, -0.25) is 24.8 Å². The number of hydrogen-bond donors (Lipinski definition) is 3. The molecule has 0 radical (unpaired) electrons. The number of amides is 3. The lowest BCUT2D eigenvalue weighted by molar-refractivity contribution is -0.131. The Bertz CT molecular complexity index is 1420. The van der Waals surface area contributed by atoms with E-state index in [0.29, 0.717) is 38.2 Å². The summed E-state index contributed by atoms with van der Waals surface area (Å²) in [5, 5.41) is 4.34. The summed E-state index contributed by atoms with van der Waals surface area (Å²) in [5.74, 6) is -1.19. The highest BCUT2D eigenvalue weighted by Crippen LogP contribution is 2.25. The van der Waals surface area contributed by atoms with Crippen LogP contribution in [0.25, 0.3) is 10.9 Å². The smallest absolute Gasteiger partial charge is 0.256 e. The number of fused-ring (bicyclic) bond motifs is 2. The summed E-state index contributed by atoms with van der Waals surface area (Å²) in [4.78, 5) is 46.3. The number of nitrogens with one attached hydrogen (secondary N) is 3. The molecule has 0 bridgehead atoms. The number of pyridine rings is 1. The molecule has 3 unspecified atom stereocenters. The second-order valence-electron chi connectivity index (χ2n) is 10.5. The van der Waals surface area contributed by atoms with E-state index in [1.54, 1.807) is 28.1 Å². The normalized spacial score (nSPS) is 23.3. The van der Waals surface area contributed by atoms with Gasteiger partial charge < -0.3 is 15.1 Å². The zero-order valence-electron chi connectivity index (χ0n) is 21.5. The quantitative estimate of drug-likeness (QED) is 0.476. The number of aromatic nitrogens is 1. The Hall–Kier alpha value is -3.89. The number of benzene rings is 2. The van der Waals surface area contributed by atoms with Gasteiger partial charge in [-0.15, -0.1) is 0 Å². The minimum Gasteiger partial charge on any atom is -0.335 e. The predicted octanol–water partition coefficient (Wildman–Crippen LogP) is 1.89. The van der Waals surface area contributed by atoms with E-state index in [9.17, 15) is 18.8 Å². The first-order valence-corrected chi connectivity index (χ1v) is 13.5. The van der Waals surface area contributed by atoms with Crippen molar-refractivity contribution in [2.24, 2.45) is 5.92 Å². The summed E-state index contributed by atoms with van der Waals surface area (Å²) in [7, 11) is 0. The van der Waals surface area contributed by atoms with E-state index in [2.05, 4.69) is 21.2 Å². The first-order valence-electron chi connectivity index (χ1n) is 13.5. The molecule has 202 valence electrons. The van der Waals surface area contributed by atoms with Crippen LogP contribution in [-0.2, 0) is 11.2 Å². The van der Waals surface area contributed by atoms with Gasteiger partial charge in [0, 0.05) is 49.8 Å². The second-order valence-corrected chi connectivity index (χ2v) is 10.5. The van der Waals surface area contributed by atoms with Crippen LogP contribution >= 0.6 is 0 Å². The van der Waals surface area contributed by atoms with Crippen LogP contribution in [0.15, 0.2) is 54.7 Å². The van der Waals surface area contributed by atoms with Gasteiger partial charge in [-0.2, -0.15) is 0 Å². The van der Waals surface area contributed by atoms with Crippen LogP contribution in [-0.4, -0.2) is 77.3 Å². The van der Waals surface area contributed by atoms with E-state index >= 15 is 0 Å². The summed E-state index contributed by atoms with van der Waals surface area (Å²) in [6.07, 6.45) is 3.91. The Labute approximate surface area is 225 Å². The molecule has 1 aromatic heterocycles. The zero-order chi connectivity index (χ0) is 26.9. The topological polar surface area (TPSA) is 107 Å². The number of halogens is 1. The average Bonchev–Trinajstić information content (AvgIpc) is 2.98. The van der Waals surface area contributed by atoms with E-state index in [1.807, 2.05) is 30.3 Å². The molecule has 3 fully saturated rings. The number of nitrogens with zero attached hydrogens (tertiary/aromatic N) is 3. The van der Waals surface area contributed by atoms with E-state index in [-0.39, 0.29) is 41.3 Å². The minimum atomic E-state index is -0.567. The molecule has 3 aliphatic heterocycles. The molecule has 9 nitrogen and oxygen atoms in total. The van der Waals surface area contributed by atoms with Gasteiger partial charge in [-0.05, 0) is 55.6 Å². The number of carbonyl (C=O) groups excluding carboxylic acids is 3. The minimum absolute atomic E-state index is 0.00655. The van der Waals surface area contributed by atoms with Crippen molar-refractivity contribution in [2.75, 3.05) is 32.7 Å². The maximum absolute atomic E-state index is 14.8. The fraction of sp³-hybridized carbons (Fsp3) is 0.379. The summed E-state index contributed by atoms with van der Waals surface area (Å²) in [6, 6.07) is 14.0. The van der Waals surface area contributed by atoms with Crippen molar-refractivity contribution in [3.8, 4) is 0 Å². The van der Waals surface area contributed by atoms with Gasteiger partial charge in [0.15, 0.2) is 0 Å². The molecule has 3 N–H and O–H groups in total. The van der Waals surface area contributed by atoms with Crippen LogP contribution < -0.4 is 16.2 Å². The first-order chi connectivity index (χ1) is 19.0. The highest BCUT2D eigenvalue weighted by Gasteiger charge is 2.40. The Kier molecular flexibility index (Phi) is 6.97. The number of hydrogen-bond acceptors (Lipinski definition) is 6. The van der Waals surface area contributed by atoms with Crippen molar-refractivity contribution < 1.29 is 18.8 Å². The molecule has 2 aromatic carbocycles. The zero-order valence-corrected chi connectivity index (χ0v) is 21.5. The fourth-order valence-electron chi connectivity index (χ4n) is 5.92. The van der Waals surface area contributed by atoms with Crippen LogP contribution in [0.3, 0.4) is 0 Å². The summed E-state index contributed by atoms with van der Waals surface area (Å²) >= 11 is 0. The van der Waals surface area contributed by atoms with Gasteiger partial charge in [0.25, 0.3) is 11.8 Å². The number of piperazine rings is 1. The van der Waals surface area contributed by atoms with E-state index in [0.717, 1.165) is 35.9 Å². The molecular formula is C29H31FN6O3. The van der Waals surface area contributed by atoms with Crippen molar-refractivity contribution in [3.05, 3.63) is 77.2 Å². The monoisotopic (exact) mass is 530 g/mol. The largest absolute Gasteiger partial charge is 0.335 e. The van der Waals surface area contributed by atoms with E-state index in [4.69, 9.17) is 0 Å². The van der Waals surface area contributed by atoms with Crippen LogP contribution in [0.5, 0.6) is 0 Å². The molecular weight excluding hydrogens is 499 g/mol. The average molecular weight is 531 g/mol. The Balaban J connectivity index is 1.11. The highest BCUT2D eigenvalue weighted by molar-refractivity contribution is 5.98. The lowest BCUT2D eigenvalue weighted by Crippen LogP contribution is -2.67. The third-order valence-corrected chi connectivity index (χ3v) is 8.06. The predicted molar refractivity (Wildman–Crippen MR) is 143 cm³/mol. The molecule has 0 spiro atoms. The molecule has 39 heavy (non-hydrogen) atoms. The van der Waals surface area contributed by atoms with Crippen molar-refractivity contribution >= 4 is 28.6 Å². The number of hydrazine groups is 1. The Morgan fingerprint density at radius 1 is 1.00 bits per heavy atom. The SMILES string of the molecule is O=C1NNC(Cc2ccc(F)c(C(=O)N3CCN(C(=O)c4cnc5ccccc5c4)CC3)c2)C2NCCCC12. The van der Waals surface area contributed by atoms with Gasteiger partial charge >= 0.3 is 0 Å². The van der Waals surface area contributed by atoms with Crippen molar-refractivity contribution in [3.63, 3.8) is 0 Å². The van der Waals surface area contributed by atoms with Gasteiger partial charge in [0.1, 0.15) is 5.82 Å². The lowest BCUT2D eigenvalue weighted by Gasteiger charge is -2.41. The van der Waals surface area contributed by atoms with Crippen molar-refractivity contribution in [2.45, 2.75) is 31.3 Å². The number of rotatable bonds is 4. The highest BCUT2D eigenvalue weighted by atomic mass is 19.1. The molecule has 6 rings (SSSR count). The molecule has 4 heterocycles. The number of piperidine rings is 1. The number of para-hydroxylation sites is 1. The lowest BCUT2D eigenvalue weighted by atomic mass is 9.82. The van der Waals surface area contributed by atoms with Crippen LogP contribution in [0.4, 0.5) is 4.39 Å². The van der Waals surface area contributed by atoms with Gasteiger partial charge in [-0.1, -0.05) is 24.3 Å². The molecule has 3 aliphatic rings. The molecule has 3 aromatic rings. The van der Waals surface area contributed by atoms with Crippen LogP contribution in [0.2, 0.25) is 0 Å². The maximum Gasteiger partial charge on any atom is 0.256 e. The van der Waals surface area contributed by atoms with E-state index in [1.165, 1.54) is 6.07 Å². The van der Waals surface area contributed by atoms with Gasteiger partial charge in [0.2, 0.25) is 5.91 Å². The Morgan fingerprint density at radius 3 is 2.59 bits per heavy atom. The summed E-state index contributed by atoms with van der Waals surface area (Å²) in [6.45, 7) is 2.21. The fourth-order valence-corrected chi connectivity index (χ4v) is 5.92. The third-order valence-electron chi connectivity index (χ3n) is 8.06. The van der Waals surface area contributed by atoms with E-state index < -0.39 is 5.82 Å². The molecule has 3 saturated heterocycles. The second kappa shape index (κ2) is 10.7. The molecule has 3 atom stereocenters. The molecule has 0 aliphatic carbocycles. The van der Waals surface area contributed by atoms with Crippen molar-refractivity contribution in [1.29, 1.82) is 0 Å². The first kappa shape index (κ1) is 25.4. The maximum atomic E-state index is 14.8. The summed E-state index contributed by atoms with van der Waals surface area (Å²) < 4.78 is 14.8. The van der Waals surface area contributed by atoms with Crippen LogP contribution in [0.1, 0.15) is 39.1 Å².